The van der Waals surface area contributed by atoms with E-state index in [9.17, 15) is 103 Å². The van der Waals surface area contributed by atoms with Gasteiger partial charge in [0.1, 0.15) is 42.3 Å². The first-order chi connectivity index (χ1) is 50.0. The molecule has 3 fully saturated rings. The molecule has 5 aliphatic heterocycles. The number of nitrogens with zero attached hydrogens (tertiary/aromatic N) is 6. The van der Waals surface area contributed by atoms with E-state index in [1.165, 1.54) is 9.80 Å². The van der Waals surface area contributed by atoms with Crippen LogP contribution in [0.25, 0.3) is 0 Å². The van der Waals surface area contributed by atoms with Crippen molar-refractivity contribution in [1.82, 2.24) is 71.9 Å². The lowest BCUT2D eigenvalue weighted by Gasteiger charge is -2.33. The fourth-order valence-corrected chi connectivity index (χ4v) is 15.0. The number of carboxylic acids is 5. The van der Waals surface area contributed by atoms with Gasteiger partial charge in [-0.3, -0.25) is 102 Å². The zero-order chi connectivity index (χ0) is 76.9. The van der Waals surface area contributed by atoms with Crippen LogP contribution in [-0.2, 0) is 83.1 Å². The molecule has 0 saturated carbocycles. The molecule has 9 atom stereocenters. The molecule has 0 radical (unpaired) electrons. The average molecular weight is 1520 g/mol. The van der Waals surface area contributed by atoms with Gasteiger partial charge < -0.3 is 77.7 Å². The lowest BCUT2D eigenvalue weighted by Crippen LogP contribution is -2.61. The highest BCUT2D eigenvalue weighted by Gasteiger charge is 2.46. The van der Waals surface area contributed by atoms with Crippen molar-refractivity contribution in [2.75, 3.05) is 110 Å². The van der Waals surface area contributed by atoms with Crippen LogP contribution in [0.15, 0.2) is 40.1 Å². The number of carbonyl (C=O) groups is 16. The molecule has 580 valence electrons. The highest BCUT2D eigenvalue weighted by Crippen LogP contribution is 2.34. The van der Waals surface area contributed by atoms with Crippen molar-refractivity contribution < 1.29 is 107 Å². The van der Waals surface area contributed by atoms with Crippen molar-refractivity contribution in [1.29, 1.82) is 0 Å². The Morgan fingerprint density at radius 1 is 0.552 bits per heavy atom. The number of aliphatic hydroxyl groups excluding tert-OH is 1. The zero-order valence-corrected chi connectivity index (χ0v) is 60.6. The van der Waals surface area contributed by atoms with Crippen LogP contribution in [0.1, 0.15) is 109 Å². The summed E-state index contributed by atoms with van der Waals surface area (Å²) in [6.07, 6.45) is -0.950. The first-order valence-corrected chi connectivity index (χ1v) is 37.2. The summed E-state index contributed by atoms with van der Waals surface area (Å²) in [4.78, 5) is 226. The SMILES string of the molecule is CCCCCC(=O)N[C@H]1CSC2=C(SC[C@@H](C(=O)N[C@@H](CCCCNC(=O)CN3CCN(CC(=O)O)CCN(CC(=O)O)CCN(CC(=O)O)CC3)CC(=O)O)NC(=O)[C@H](Cc3ccccc3)NC(=O)[C@H](CCC(=O)O)NC(=O)[C@H]([C@@H](C)O)NC(=O)[C@@H]3CCCN3C(=O)[C@@H]3CCCN3C1=O)C(=O)NC2=O. The quantitative estimate of drug-likeness (QED) is 0.0286. The Balaban J connectivity index is 1.30. The monoisotopic (exact) mass is 1510 g/mol. The molecular formula is C67H98N14O22S2. The summed E-state index contributed by atoms with van der Waals surface area (Å²) in [6, 6.07) is -4.00. The largest absolute Gasteiger partial charge is 0.481 e. The molecular weight excluding hydrogens is 1420 g/mol. The van der Waals surface area contributed by atoms with Crippen LogP contribution in [0.4, 0.5) is 0 Å². The second-order valence-corrected chi connectivity index (χ2v) is 28.5. The van der Waals surface area contributed by atoms with E-state index in [4.69, 9.17) is 0 Å². The number of nitrogens with one attached hydrogen (secondary N) is 8. The summed E-state index contributed by atoms with van der Waals surface area (Å²) in [5, 5.41) is 80.3. The molecule has 6 rings (SSSR count). The van der Waals surface area contributed by atoms with Crippen LogP contribution in [-0.4, -0.2) is 319 Å². The third kappa shape index (κ3) is 28.2. The van der Waals surface area contributed by atoms with Crippen LogP contribution in [0, 0.1) is 0 Å². The first kappa shape index (κ1) is 85.1. The van der Waals surface area contributed by atoms with E-state index in [-0.39, 0.29) is 159 Å². The fourth-order valence-electron chi connectivity index (χ4n) is 12.7. The van der Waals surface area contributed by atoms with E-state index in [0.29, 0.717) is 54.8 Å². The van der Waals surface area contributed by atoms with Crippen LogP contribution in [0.3, 0.4) is 0 Å². The van der Waals surface area contributed by atoms with E-state index in [1.807, 2.05) is 6.92 Å². The maximum atomic E-state index is 15.0. The third-order valence-corrected chi connectivity index (χ3v) is 20.8. The van der Waals surface area contributed by atoms with Gasteiger partial charge in [-0.15, -0.1) is 23.5 Å². The van der Waals surface area contributed by atoms with Gasteiger partial charge in [0.05, 0.1) is 48.5 Å². The number of thioether (sulfide) groups is 2. The summed E-state index contributed by atoms with van der Waals surface area (Å²) in [5.74, 6) is -16.7. The highest BCUT2D eigenvalue weighted by atomic mass is 32.2. The Kier molecular flexibility index (Phi) is 34.8. The summed E-state index contributed by atoms with van der Waals surface area (Å²) in [7, 11) is 0. The van der Waals surface area contributed by atoms with Crippen LogP contribution < -0.4 is 42.5 Å². The number of hydrogen-bond acceptors (Lipinski definition) is 23. The fraction of sp³-hybridized carbons (Fsp3) is 0.642. The number of hydrogen-bond donors (Lipinski definition) is 14. The second-order valence-electron chi connectivity index (χ2n) is 26.5. The van der Waals surface area contributed by atoms with Gasteiger partial charge in [0.2, 0.25) is 53.2 Å². The van der Waals surface area contributed by atoms with Gasteiger partial charge in [-0.25, -0.2) is 0 Å². The van der Waals surface area contributed by atoms with Gasteiger partial charge in [-0.1, -0.05) is 50.1 Å². The van der Waals surface area contributed by atoms with Gasteiger partial charge in [0.15, 0.2) is 0 Å². The number of aliphatic hydroxyl groups is 1. The number of carbonyl (C=O) groups excluding carboxylic acids is 11. The van der Waals surface area contributed by atoms with Gasteiger partial charge in [-0.05, 0) is 70.3 Å². The Hall–Kier alpha value is -8.82. The minimum atomic E-state index is -1.83. The summed E-state index contributed by atoms with van der Waals surface area (Å²) >= 11 is 1.32. The van der Waals surface area contributed by atoms with Crippen LogP contribution >= 0.6 is 23.5 Å². The molecule has 38 heteroatoms. The van der Waals surface area contributed by atoms with E-state index in [1.54, 1.807) is 49.9 Å². The second kappa shape index (κ2) is 43.0. The van der Waals surface area contributed by atoms with E-state index in [2.05, 4.69) is 42.5 Å². The third-order valence-electron chi connectivity index (χ3n) is 18.3. The molecule has 0 aromatic heterocycles. The van der Waals surface area contributed by atoms with Crippen molar-refractivity contribution >= 4 is 118 Å². The van der Waals surface area contributed by atoms with Crippen molar-refractivity contribution in [3.63, 3.8) is 0 Å². The molecule has 5 aliphatic rings. The number of imide groups is 1. The Bertz CT molecular complexity index is 3300. The maximum Gasteiger partial charge on any atom is 0.317 e. The van der Waals surface area contributed by atoms with Crippen molar-refractivity contribution in [3.8, 4) is 0 Å². The van der Waals surface area contributed by atoms with Gasteiger partial charge in [0.25, 0.3) is 11.8 Å². The predicted molar refractivity (Wildman–Crippen MR) is 377 cm³/mol. The molecule has 0 unspecified atom stereocenters. The molecule has 14 N–H and O–H groups in total. The van der Waals surface area contributed by atoms with Gasteiger partial charge in [0, 0.05) is 109 Å². The van der Waals surface area contributed by atoms with Gasteiger partial charge in [-0.2, -0.15) is 0 Å². The van der Waals surface area contributed by atoms with E-state index < -0.39 is 174 Å². The van der Waals surface area contributed by atoms with E-state index in [0.717, 1.165) is 13.3 Å². The molecule has 5 heterocycles. The summed E-state index contributed by atoms with van der Waals surface area (Å²) < 4.78 is 0. The topological polar surface area (TPSA) is 510 Å². The number of carboxylic acid groups (broad SMARTS) is 5. The van der Waals surface area contributed by atoms with E-state index >= 15 is 4.79 Å². The van der Waals surface area contributed by atoms with Crippen LogP contribution in [0.5, 0.6) is 0 Å². The molecule has 0 aliphatic carbocycles. The molecule has 3 saturated heterocycles. The van der Waals surface area contributed by atoms with Crippen molar-refractivity contribution in [2.45, 2.75) is 165 Å². The maximum absolute atomic E-state index is 15.0. The van der Waals surface area contributed by atoms with Crippen molar-refractivity contribution in [2.24, 2.45) is 0 Å². The normalized spacial score (nSPS) is 23.7. The lowest BCUT2D eigenvalue weighted by molar-refractivity contribution is -0.148. The standard InChI is InChI=1S/C67H98N14O22S2/c1-3-4-6-18-49(83)70-46-39-105-58-57(64(100)75-65(58)101)104-38-45(61(97)69-42(33-52(87)88)15-9-10-21-68-50(84)34-76-24-26-77(35-53(89)90)28-30-79(37-55(93)94)31-29-78(27-25-76)36-54(91)92)73-60(96)44(32-41-13-7-5-8-14-41)72-59(95)43(19-20-51(85)86)71-63(99)56(40(2)82)74-62(98)47-16-11-22-80(47)67(103)48-17-12-23-81(48)66(46)102/h5,7-8,13-14,40,42-48,56,82H,3-4,6,9-12,15-39H2,1-2H3,(H,68,84)(H,69,97)(H,70,83)(H,71,99)(H,72,95)(H,73,96)(H,74,98)(H,85,86)(H,87,88)(H,89,90)(H,91,92)(H,93,94)(H,75,100,101)/t40-,42+,43+,44+,45+,46+,47+,48+,56+/m1/s1. The Morgan fingerprint density at radius 2 is 1.09 bits per heavy atom. The number of fused-ring (bicyclic) bond motifs is 2. The molecule has 105 heavy (non-hydrogen) atoms. The smallest absolute Gasteiger partial charge is 0.317 e. The Labute approximate surface area is 615 Å². The lowest BCUT2D eigenvalue weighted by atomic mass is 10.0. The molecule has 0 spiro atoms. The predicted octanol–water partition coefficient (Wildman–Crippen LogP) is -3.47. The average Bonchev–Trinajstić information content (AvgIpc) is 1.69. The Morgan fingerprint density at radius 3 is 1.63 bits per heavy atom. The molecule has 11 amide bonds. The molecule has 0 bridgehead atoms. The van der Waals surface area contributed by atoms with Crippen molar-refractivity contribution in [3.05, 3.63) is 45.7 Å². The number of amides is 11. The first-order valence-electron chi connectivity index (χ1n) is 35.2. The number of aliphatic carboxylic acids is 5. The number of unbranched alkanes of at least 4 members (excludes halogenated alkanes) is 3. The van der Waals surface area contributed by atoms with Gasteiger partial charge >= 0.3 is 29.8 Å². The number of rotatable bonds is 28. The summed E-state index contributed by atoms with van der Waals surface area (Å²) in [6.45, 7) is 3.18. The molecule has 1 aromatic carbocycles. The summed E-state index contributed by atoms with van der Waals surface area (Å²) in [5.41, 5.74) is 0.427. The highest BCUT2D eigenvalue weighted by molar-refractivity contribution is 8.08. The van der Waals surface area contributed by atoms with Crippen LogP contribution in [0.2, 0.25) is 0 Å². The minimum absolute atomic E-state index is 0.00486. The number of benzene rings is 1. The minimum Gasteiger partial charge on any atom is -0.481 e. The zero-order valence-electron chi connectivity index (χ0n) is 58.9. The molecule has 36 nitrogen and oxygen atoms in total. The molecule has 1 aromatic rings.